The van der Waals surface area contributed by atoms with Crippen LogP contribution in [-0.4, -0.2) is 16.1 Å². The molecule has 3 rings (SSSR count). The Morgan fingerprint density at radius 3 is 2.65 bits per heavy atom. The van der Waals surface area contributed by atoms with Crippen LogP contribution in [0.3, 0.4) is 0 Å². The van der Waals surface area contributed by atoms with Crippen LogP contribution in [0.4, 0.5) is 4.39 Å². The molecule has 20 heavy (non-hydrogen) atoms. The Hall–Kier alpha value is -2.23. The molecule has 0 unspecified atom stereocenters. The maximum absolute atomic E-state index is 13.6. The van der Waals surface area contributed by atoms with E-state index in [-0.39, 0.29) is 17.3 Å². The number of hydrogen-bond donors (Lipinski definition) is 1. The largest absolute Gasteiger partial charge is 0.478 e. The molecular weight excluding hydrogens is 257 g/mol. The van der Waals surface area contributed by atoms with Gasteiger partial charge in [0.2, 0.25) is 0 Å². The molecule has 0 bridgehead atoms. The number of aryl methyl sites for hydroxylation is 1. The Balaban J connectivity index is 2.08. The standard InChI is InChI=1S/C16H14FNO2/c1-9-2-3-11(8-13(9)17)14-7-6-12(16(19)20)15(18-14)10-4-5-10/h2-3,6-8,10H,4-5H2,1H3,(H,19,20). The third kappa shape index (κ3) is 2.29. The van der Waals surface area contributed by atoms with Gasteiger partial charge < -0.3 is 5.11 Å². The van der Waals surface area contributed by atoms with E-state index in [1.807, 2.05) is 0 Å². The van der Waals surface area contributed by atoms with Crippen molar-refractivity contribution < 1.29 is 14.3 Å². The van der Waals surface area contributed by atoms with E-state index in [9.17, 15) is 14.3 Å². The molecule has 4 heteroatoms. The molecule has 0 saturated heterocycles. The van der Waals surface area contributed by atoms with E-state index in [0.29, 0.717) is 22.5 Å². The lowest BCUT2D eigenvalue weighted by Gasteiger charge is -2.08. The molecule has 1 heterocycles. The van der Waals surface area contributed by atoms with Gasteiger partial charge in [-0.3, -0.25) is 4.98 Å². The summed E-state index contributed by atoms with van der Waals surface area (Å²) >= 11 is 0. The number of pyridine rings is 1. The second kappa shape index (κ2) is 4.71. The first-order valence-corrected chi connectivity index (χ1v) is 6.57. The van der Waals surface area contributed by atoms with Gasteiger partial charge in [0.1, 0.15) is 5.82 Å². The molecule has 1 aromatic heterocycles. The number of carboxylic acids is 1. The first-order chi connectivity index (χ1) is 9.56. The van der Waals surface area contributed by atoms with E-state index < -0.39 is 5.97 Å². The molecule has 1 aliphatic rings. The highest BCUT2D eigenvalue weighted by molar-refractivity contribution is 5.89. The number of aromatic nitrogens is 1. The van der Waals surface area contributed by atoms with Crippen molar-refractivity contribution in [1.82, 2.24) is 4.98 Å². The minimum atomic E-state index is -0.957. The maximum Gasteiger partial charge on any atom is 0.337 e. The number of halogens is 1. The van der Waals surface area contributed by atoms with Gasteiger partial charge in [0.05, 0.1) is 17.0 Å². The molecular formula is C16H14FNO2. The lowest BCUT2D eigenvalue weighted by atomic mass is 10.0. The van der Waals surface area contributed by atoms with E-state index in [4.69, 9.17) is 0 Å². The van der Waals surface area contributed by atoms with Crippen LogP contribution in [-0.2, 0) is 0 Å². The van der Waals surface area contributed by atoms with Gasteiger partial charge in [-0.2, -0.15) is 0 Å². The van der Waals surface area contributed by atoms with Crippen molar-refractivity contribution in [2.75, 3.05) is 0 Å². The molecule has 102 valence electrons. The van der Waals surface area contributed by atoms with Crippen molar-refractivity contribution in [2.45, 2.75) is 25.7 Å². The third-order valence-corrected chi connectivity index (χ3v) is 3.59. The highest BCUT2D eigenvalue weighted by Crippen LogP contribution is 2.41. The SMILES string of the molecule is Cc1ccc(-c2ccc(C(=O)O)c(C3CC3)n2)cc1F. The summed E-state index contributed by atoms with van der Waals surface area (Å²) in [7, 11) is 0. The smallest absolute Gasteiger partial charge is 0.337 e. The van der Waals surface area contributed by atoms with Gasteiger partial charge in [0, 0.05) is 11.5 Å². The molecule has 1 aliphatic carbocycles. The van der Waals surface area contributed by atoms with Crippen molar-refractivity contribution in [3.63, 3.8) is 0 Å². The van der Waals surface area contributed by atoms with Crippen molar-refractivity contribution in [3.05, 3.63) is 53.0 Å². The van der Waals surface area contributed by atoms with Crippen LogP contribution in [0.15, 0.2) is 30.3 Å². The summed E-state index contributed by atoms with van der Waals surface area (Å²) in [5.74, 6) is -1.00. The zero-order valence-electron chi connectivity index (χ0n) is 11.1. The normalized spacial score (nSPS) is 14.3. The Bertz CT molecular complexity index is 693. The first kappa shape index (κ1) is 12.8. The number of carbonyl (C=O) groups is 1. The van der Waals surface area contributed by atoms with Crippen LogP contribution in [0.2, 0.25) is 0 Å². The van der Waals surface area contributed by atoms with Crippen LogP contribution < -0.4 is 0 Å². The molecule has 0 aliphatic heterocycles. The molecule has 0 spiro atoms. The number of benzene rings is 1. The molecule has 0 atom stereocenters. The Morgan fingerprint density at radius 2 is 2.05 bits per heavy atom. The van der Waals surface area contributed by atoms with Gasteiger partial charge in [-0.05, 0) is 43.5 Å². The molecule has 1 fully saturated rings. The summed E-state index contributed by atoms with van der Waals surface area (Å²) < 4.78 is 13.6. The van der Waals surface area contributed by atoms with Gasteiger partial charge >= 0.3 is 5.97 Å². The highest BCUT2D eigenvalue weighted by Gasteiger charge is 2.30. The van der Waals surface area contributed by atoms with Crippen LogP contribution in [0.25, 0.3) is 11.3 Å². The highest BCUT2D eigenvalue weighted by atomic mass is 19.1. The lowest BCUT2D eigenvalue weighted by molar-refractivity contribution is 0.0695. The van der Waals surface area contributed by atoms with Crippen LogP contribution in [0.1, 0.15) is 40.4 Å². The first-order valence-electron chi connectivity index (χ1n) is 6.57. The average Bonchev–Trinajstić information content (AvgIpc) is 3.25. The van der Waals surface area contributed by atoms with Gasteiger partial charge in [-0.1, -0.05) is 12.1 Å². The monoisotopic (exact) mass is 271 g/mol. The van der Waals surface area contributed by atoms with E-state index in [0.717, 1.165) is 12.8 Å². The number of nitrogens with zero attached hydrogens (tertiary/aromatic N) is 1. The zero-order chi connectivity index (χ0) is 14.3. The van der Waals surface area contributed by atoms with Crippen LogP contribution in [0.5, 0.6) is 0 Å². The van der Waals surface area contributed by atoms with E-state index >= 15 is 0 Å². The molecule has 2 aromatic rings. The number of aromatic carboxylic acids is 1. The number of rotatable bonds is 3. The van der Waals surface area contributed by atoms with Gasteiger partial charge in [-0.15, -0.1) is 0 Å². The van der Waals surface area contributed by atoms with Crippen molar-refractivity contribution >= 4 is 5.97 Å². The predicted molar refractivity (Wildman–Crippen MR) is 73.3 cm³/mol. The second-order valence-electron chi connectivity index (χ2n) is 5.17. The van der Waals surface area contributed by atoms with E-state index in [1.165, 1.54) is 6.07 Å². The fourth-order valence-corrected chi connectivity index (χ4v) is 2.24. The topological polar surface area (TPSA) is 50.2 Å². The molecule has 0 radical (unpaired) electrons. The summed E-state index contributed by atoms with van der Waals surface area (Å²) in [5, 5.41) is 9.18. The minimum absolute atomic E-state index is 0.233. The Labute approximate surface area is 116 Å². The quantitative estimate of drug-likeness (QED) is 0.924. The minimum Gasteiger partial charge on any atom is -0.478 e. The van der Waals surface area contributed by atoms with Crippen LogP contribution >= 0.6 is 0 Å². The number of carboxylic acid groups (broad SMARTS) is 1. The number of hydrogen-bond acceptors (Lipinski definition) is 2. The molecule has 3 nitrogen and oxygen atoms in total. The second-order valence-corrected chi connectivity index (χ2v) is 5.17. The Morgan fingerprint density at radius 1 is 1.30 bits per heavy atom. The van der Waals surface area contributed by atoms with E-state index in [1.54, 1.807) is 31.2 Å². The van der Waals surface area contributed by atoms with Gasteiger partial charge in [0.25, 0.3) is 0 Å². The zero-order valence-corrected chi connectivity index (χ0v) is 11.1. The lowest BCUT2D eigenvalue weighted by Crippen LogP contribution is -2.04. The molecule has 1 saturated carbocycles. The fourth-order valence-electron chi connectivity index (χ4n) is 2.24. The fraction of sp³-hybridized carbons (Fsp3) is 0.250. The van der Waals surface area contributed by atoms with Crippen molar-refractivity contribution in [1.29, 1.82) is 0 Å². The summed E-state index contributed by atoms with van der Waals surface area (Å²) in [4.78, 5) is 15.7. The van der Waals surface area contributed by atoms with E-state index in [2.05, 4.69) is 4.98 Å². The van der Waals surface area contributed by atoms with Crippen molar-refractivity contribution in [2.24, 2.45) is 0 Å². The Kier molecular flexibility index (Phi) is 3.01. The predicted octanol–water partition coefficient (Wildman–Crippen LogP) is 3.77. The van der Waals surface area contributed by atoms with Crippen molar-refractivity contribution in [3.8, 4) is 11.3 Å². The maximum atomic E-state index is 13.6. The average molecular weight is 271 g/mol. The van der Waals surface area contributed by atoms with Crippen LogP contribution in [0, 0.1) is 12.7 Å². The summed E-state index contributed by atoms with van der Waals surface area (Å²) in [6.45, 7) is 1.70. The summed E-state index contributed by atoms with van der Waals surface area (Å²) in [6, 6.07) is 8.15. The van der Waals surface area contributed by atoms with Gasteiger partial charge in [-0.25, -0.2) is 9.18 Å². The summed E-state index contributed by atoms with van der Waals surface area (Å²) in [5.41, 5.74) is 2.75. The third-order valence-electron chi connectivity index (χ3n) is 3.59. The summed E-state index contributed by atoms with van der Waals surface area (Å²) in [6.07, 6.45) is 1.94. The molecule has 0 amide bonds. The molecule has 1 aromatic carbocycles. The van der Waals surface area contributed by atoms with Gasteiger partial charge in [0.15, 0.2) is 0 Å². The molecule has 1 N–H and O–H groups in total.